The first-order chi connectivity index (χ1) is 8.06. The number of carbonyl (C=O) groups is 1. The van der Waals surface area contributed by atoms with Gasteiger partial charge in [-0.3, -0.25) is 4.79 Å². The maximum Gasteiger partial charge on any atom is 1.00 e. The minimum atomic E-state index is -0.112. The first-order valence-electron chi connectivity index (χ1n) is 4.71. The SMILES string of the molecule is O=C1C(Br)=CC(=Nc2ccc([O-])cc2)C=C1Br.[Na+]. The molecule has 0 atom stereocenters. The second-order valence-corrected chi connectivity index (χ2v) is 5.05. The molecule has 0 N–H and O–H groups in total. The summed E-state index contributed by atoms with van der Waals surface area (Å²) >= 11 is 6.34. The molecular weight excluding hydrogens is 373 g/mol. The van der Waals surface area contributed by atoms with Gasteiger partial charge in [0.05, 0.1) is 20.4 Å². The molecule has 0 amide bonds. The first-order valence-corrected chi connectivity index (χ1v) is 6.30. The van der Waals surface area contributed by atoms with Crippen molar-refractivity contribution in [1.82, 2.24) is 0 Å². The van der Waals surface area contributed by atoms with Gasteiger partial charge in [-0.2, -0.15) is 0 Å². The van der Waals surface area contributed by atoms with Crippen LogP contribution in [0.15, 0.2) is 50.4 Å². The molecular formula is C12H6Br2NNaO2. The molecule has 0 fully saturated rings. The van der Waals surface area contributed by atoms with Gasteiger partial charge in [0.1, 0.15) is 0 Å². The molecule has 86 valence electrons. The van der Waals surface area contributed by atoms with Crippen molar-refractivity contribution in [3.05, 3.63) is 45.4 Å². The Kier molecular flexibility index (Phi) is 6.01. The van der Waals surface area contributed by atoms with Crippen LogP contribution in [0.4, 0.5) is 5.69 Å². The van der Waals surface area contributed by atoms with Crippen LogP contribution >= 0.6 is 31.9 Å². The second-order valence-electron chi connectivity index (χ2n) is 3.34. The quantitative estimate of drug-likeness (QED) is 0.509. The van der Waals surface area contributed by atoms with Gasteiger partial charge in [0.2, 0.25) is 5.78 Å². The minimum Gasteiger partial charge on any atom is -0.872 e. The van der Waals surface area contributed by atoms with E-state index in [9.17, 15) is 9.90 Å². The van der Waals surface area contributed by atoms with E-state index in [1.807, 2.05) is 0 Å². The Morgan fingerprint density at radius 1 is 1.00 bits per heavy atom. The van der Waals surface area contributed by atoms with Crippen molar-refractivity contribution in [2.75, 3.05) is 0 Å². The molecule has 1 aliphatic rings. The summed E-state index contributed by atoms with van der Waals surface area (Å²) < 4.78 is 0.900. The summed E-state index contributed by atoms with van der Waals surface area (Å²) in [4.78, 5) is 15.7. The van der Waals surface area contributed by atoms with E-state index in [4.69, 9.17) is 0 Å². The summed E-state index contributed by atoms with van der Waals surface area (Å²) in [5, 5.41) is 10.9. The molecule has 0 heterocycles. The van der Waals surface area contributed by atoms with E-state index in [0.29, 0.717) is 20.4 Å². The molecule has 0 spiro atoms. The van der Waals surface area contributed by atoms with Crippen LogP contribution in [-0.2, 0) is 4.79 Å². The third-order valence-corrected chi connectivity index (χ3v) is 3.26. The maximum absolute atomic E-state index is 11.4. The zero-order valence-electron chi connectivity index (χ0n) is 9.48. The van der Waals surface area contributed by atoms with E-state index in [1.54, 1.807) is 24.3 Å². The third kappa shape index (κ3) is 3.90. The Bertz CT molecular complexity index is 538. The molecule has 18 heavy (non-hydrogen) atoms. The fourth-order valence-corrected chi connectivity index (χ4v) is 2.44. The first kappa shape index (κ1) is 15.9. The molecule has 1 aromatic carbocycles. The maximum atomic E-state index is 11.4. The Morgan fingerprint density at radius 3 is 2.00 bits per heavy atom. The van der Waals surface area contributed by atoms with Crippen LogP contribution in [-0.4, -0.2) is 11.5 Å². The standard InChI is InChI=1S/C12H7Br2NO2.Na/c13-10-5-8(6-11(14)12(10)17)15-7-1-3-9(16)4-2-7;/h1-6,16H;/q;+1/p-1. The summed E-state index contributed by atoms with van der Waals surface area (Å²) in [6, 6.07) is 6.17. The average molecular weight is 379 g/mol. The number of benzene rings is 1. The van der Waals surface area contributed by atoms with E-state index < -0.39 is 0 Å². The molecule has 0 unspecified atom stereocenters. The number of Topliss-reactive ketones (excluding diaryl/α,β-unsaturated/α-hetero) is 1. The number of allylic oxidation sites excluding steroid dienone is 4. The topological polar surface area (TPSA) is 52.5 Å². The summed E-state index contributed by atoms with van der Waals surface area (Å²) in [6.07, 6.45) is 3.27. The molecule has 0 saturated carbocycles. The Labute approximate surface area is 143 Å². The number of rotatable bonds is 1. The molecule has 6 heteroatoms. The third-order valence-electron chi connectivity index (χ3n) is 2.08. The van der Waals surface area contributed by atoms with Gasteiger partial charge in [0.25, 0.3) is 0 Å². The van der Waals surface area contributed by atoms with E-state index in [0.717, 1.165) is 0 Å². The predicted octanol–water partition coefficient (Wildman–Crippen LogP) is -0.0230. The van der Waals surface area contributed by atoms with Crippen LogP contribution in [0.25, 0.3) is 0 Å². The number of nitrogens with zero attached hydrogens (tertiary/aromatic N) is 1. The average Bonchev–Trinajstić information content (AvgIpc) is 2.29. The number of halogens is 2. The van der Waals surface area contributed by atoms with Crippen molar-refractivity contribution in [2.45, 2.75) is 0 Å². The van der Waals surface area contributed by atoms with Gasteiger partial charge in [-0.25, -0.2) is 4.99 Å². The van der Waals surface area contributed by atoms with Crippen LogP contribution in [0.1, 0.15) is 0 Å². The minimum absolute atomic E-state index is 0. The van der Waals surface area contributed by atoms with Gasteiger partial charge in [0.15, 0.2) is 0 Å². The summed E-state index contributed by atoms with van der Waals surface area (Å²) in [7, 11) is 0. The number of hydrogen-bond acceptors (Lipinski definition) is 3. The number of aliphatic imine (C=N–C) groups is 1. The summed E-state index contributed by atoms with van der Waals surface area (Å²) in [5.74, 6) is -0.167. The molecule has 0 aliphatic heterocycles. The predicted molar refractivity (Wildman–Crippen MR) is 72.0 cm³/mol. The van der Waals surface area contributed by atoms with Crippen molar-refractivity contribution in [3.8, 4) is 5.75 Å². The second kappa shape index (κ2) is 6.82. The van der Waals surface area contributed by atoms with Gasteiger partial charge < -0.3 is 5.11 Å². The van der Waals surface area contributed by atoms with Crippen molar-refractivity contribution >= 4 is 49.0 Å². The van der Waals surface area contributed by atoms with Crippen LogP contribution in [0.2, 0.25) is 0 Å². The van der Waals surface area contributed by atoms with Crippen molar-refractivity contribution in [1.29, 1.82) is 0 Å². The van der Waals surface area contributed by atoms with Crippen molar-refractivity contribution in [3.63, 3.8) is 0 Å². The molecule has 1 aromatic rings. The summed E-state index contributed by atoms with van der Waals surface area (Å²) in [6.45, 7) is 0. The Morgan fingerprint density at radius 2 is 1.50 bits per heavy atom. The summed E-state index contributed by atoms with van der Waals surface area (Å²) in [5.41, 5.74) is 1.31. The molecule has 0 radical (unpaired) electrons. The molecule has 0 aromatic heterocycles. The number of hydrogen-bond donors (Lipinski definition) is 0. The normalized spacial score (nSPS) is 14.6. The smallest absolute Gasteiger partial charge is 0.872 e. The molecule has 2 rings (SSSR count). The van der Waals surface area contributed by atoms with Crippen LogP contribution < -0.4 is 34.7 Å². The van der Waals surface area contributed by atoms with Crippen LogP contribution in [0.5, 0.6) is 5.75 Å². The Balaban J connectivity index is 0.00000162. The monoisotopic (exact) mass is 377 g/mol. The van der Waals surface area contributed by atoms with Gasteiger partial charge in [-0.05, 0) is 56.1 Å². The molecule has 0 saturated heterocycles. The van der Waals surface area contributed by atoms with E-state index in [-0.39, 0.29) is 41.1 Å². The number of ketones is 1. The fraction of sp³-hybridized carbons (Fsp3) is 0. The molecule has 3 nitrogen and oxygen atoms in total. The van der Waals surface area contributed by atoms with Gasteiger partial charge in [0, 0.05) is 0 Å². The fourth-order valence-electron chi connectivity index (χ4n) is 1.28. The largest absolute Gasteiger partial charge is 1.00 e. The van der Waals surface area contributed by atoms with Gasteiger partial charge >= 0.3 is 29.6 Å². The van der Waals surface area contributed by atoms with Gasteiger partial charge in [-0.1, -0.05) is 12.1 Å². The van der Waals surface area contributed by atoms with E-state index in [2.05, 4.69) is 36.9 Å². The van der Waals surface area contributed by atoms with Crippen LogP contribution in [0, 0.1) is 0 Å². The van der Waals surface area contributed by atoms with Crippen LogP contribution in [0.3, 0.4) is 0 Å². The zero-order chi connectivity index (χ0) is 12.4. The van der Waals surface area contributed by atoms with Crippen molar-refractivity contribution in [2.24, 2.45) is 4.99 Å². The van der Waals surface area contributed by atoms with E-state index in [1.165, 1.54) is 12.1 Å². The Hall–Kier alpha value is -0.200. The molecule has 0 bridgehead atoms. The zero-order valence-corrected chi connectivity index (χ0v) is 14.7. The van der Waals surface area contributed by atoms with E-state index >= 15 is 0 Å². The molecule has 1 aliphatic carbocycles. The van der Waals surface area contributed by atoms with Crippen molar-refractivity contribution < 1.29 is 39.5 Å². The number of carbonyl (C=O) groups excluding carboxylic acids is 1. The van der Waals surface area contributed by atoms with Gasteiger partial charge in [-0.15, -0.1) is 5.75 Å².